The molecule has 7 nitrogen and oxygen atoms in total. The number of hydrogen-bond donors (Lipinski definition) is 1. The number of nitrogens with one attached hydrogen (secondary N) is 1. The van der Waals surface area contributed by atoms with Crippen molar-refractivity contribution < 1.29 is 14.3 Å². The lowest BCUT2D eigenvalue weighted by Gasteiger charge is -2.19. The summed E-state index contributed by atoms with van der Waals surface area (Å²) in [5.74, 6) is 1.20. The van der Waals surface area contributed by atoms with Crippen LogP contribution in [0.2, 0.25) is 0 Å². The van der Waals surface area contributed by atoms with E-state index in [2.05, 4.69) is 10.4 Å². The van der Waals surface area contributed by atoms with Crippen LogP contribution < -0.4 is 14.8 Å². The highest BCUT2D eigenvalue weighted by molar-refractivity contribution is 6.07. The van der Waals surface area contributed by atoms with Crippen LogP contribution in [0.5, 0.6) is 11.5 Å². The van der Waals surface area contributed by atoms with Gasteiger partial charge in [0.1, 0.15) is 11.5 Å². The summed E-state index contributed by atoms with van der Waals surface area (Å²) in [7, 11) is 5.13. The largest absolute Gasteiger partial charge is 0.497 e. The molecule has 0 bridgehead atoms. The van der Waals surface area contributed by atoms with Crippen molar-refractivity contribution in [2.75, 3.05) is 14.2 Å². The van der Waals surface area contributed by atoms with Crippen molar-refractivity contribution in [3.63, 3.8) is 0 Å². The summed E-state index contributed by atoms with van der Waals surface area (Å²) in [6, 6.07) is 14.8. The van der Waals surface area contributed by atoms with Crippen LogP contribution in [-0.4, -0.2) is 34.9 Å². The van der Waals surface area contributed by atoms with Crippen molar-refractivity contribution in [1.29, 1.82) is 0 Å². The first kappa shape index (κ1) is 22.3. The Morgan fingerprint density at radius 1 is 1.06 bits per heavy atom. The molecule has 4 rings (SSSR count). The maximum Gasteiger partial charge on any atom is 0.252 e. The Labute approximate surface area is 193 Å². The van der Waals surface area contributed by atoms with E-state index >= 15 is 0 Å². The molecule has 0 aliphatic heterocycles. The second-order valence-corrected chi connectivity index (χ2v) is 8.04. The van der Waals surface area contributed by atoms with Crippen LogP contribution in [0.15, 0.2) is 48.5 Å². The first-order valence-corrected chi connectivity index (χ1v) is 10.8. The maximum absolute atomic E-state index is 13.5. The number of pyridine rings is 1. The molecule has 0 spiro atoms. The van der Waals surface area contributed by atoms with Gasteiger partial charge in [0, 0.05) is 29.3 Å². The highest BCUT2D eigenvalue weighted by Crippen LogP contribution is 2.31. The molecule has 0 saturated carbocycles. The SMILES string of the molecule is COc1ccc(OC)c(C(C)NC(=O)c2cc(-c3c(C)nn(C)c3C)nc3ccccc23)c1. The maximum atomic E-state index is 13.5. The minimum atomic E-state index is -0.306. The van der Waals surface area contributed by atoms with Gasteiger partial charge in [-0.15, -0.1) is 0 Å². The molecule has 0 aliphatic rings. The molecule has 4 aromatic rings. The molecule has 170 valence electrons. The average molecular weight is 445 g/mol. The van der Waals surface area contributed by atoms with Gasteiger partial charge in [0.05, 0.1) is 42.7 Å². The fraction of sp³-hybridized carbons (Fsp3) is 0.269. The van der Waals surface area contributed by atoms with Gasteiger partial charge in [-0.25, -0.2) is 4.98 Å². The number of amides is 1. The van der Waals surface area contributed by atoms with Crippen LogP contribution in [0.3, 0.4) is 0 Å². The highest BCUT2D eigenvalue weighted by Gasteiger charge is 2.21. The summed E-state index contributed by atoms with van der Waals surface area (Å²) in [6.45, 7) is 5.88. The zero-order chi connectivity index (χ0) is 23.7. The number of benzene rings is 2. The number of para-hydroxylation sites is 1. The summed E-state index contributed by atoms with van der Waals surface area (Å²) in [6.07, 6.45) is 0. The number of carbonyl (C=O) groups is 1. The van der Waals surface area contributed by atoms with Crippen molar-refractivity contribution in [2.45, 2.75) is 26.8 Å². The van der Waals surface area contributed by atoms with E-state index < -0.39 is 0 Å². The lowest BCUT2D eigenvalue weighted by atomic mass is 10.0. The predicted octanol–water partition coefficient (Wildman–Crippen LogP) is 4.76. The van der Waals surface area contributed by atoms with Crippen molar-refractivity contribution in [3.05, 3.63) is 71.0 Å². The molecule has 1 atom stereocenters. The quantitative estimate of drug-likeness (QED) is 0.464. The third-order valence-corrected chi connectivity index (χ3v) is 5.98. The minimum absolute atomic E-state index is 0.189. The number of ether oxygens (including phenoxy) is 2. The number of aryl methyl sites for hydroxylation is 2. The monoisotopic (exact) mass is 444 g/mol. The molecule has 0 fully saturated rings. The summed E-state index contributed by atoms with van der Waals surface area (Å²) in [5, 5.41) is 8.43. The number of methoxy groups -OCH3 is 2. The zero-order valence-corrected chi connectivity index (χ0v) is 19.8. The second-order valence-electron chi connectivity index (χ2n) is 8.04. The van der Waals surface area contributed by atoms with Gasteiger partial charge < -0.3 is 14.8 Å². The number of carbonyl (C=O) groups excluding carboxylic acids is 1. The van der Waals surface area contributed by atoms with Gasteiger partial charge in [0.2, 0.25) is 0 Å². The molecule has 33 heavy (non-hydrogen) atoms. The number of hydrogen-bond acceptors (Lipinski definition) is 5. The van der Waals surface area contributed by atoms with Gasteiger partial charge in [0.15, 0.2) is 0 Å². The van der Waals surface area contributed by atoms with Crippen LogP contribution in [0, 0.1) is 13.8 Å². The molecule has 0 aliphatic carbocycles. The Bertz CT molecular complexity index is 1340. The fourth-order valence-electron chi connectivity index (χ4n) is 4.17. The Morgan fingerprint density at radius 2 is 1.82 bits per heavy atom. The van der Waals surface area contributed by atoms with E-state index in [4.69, 9.17) is 14.5 Å². The van der Waals surface area contributed by atoms with E-state index in [0.717, 1.165) is 39.1 Å². The van der Waals surface area contributed by atoms with Gasteiger partial charge in [-0.2, -0.15) is 5.10 Å². The first-order chi connectivity index (χ1) is 15.8. The summed E-state index contributed by atoms with van der Waals surface area (Å²) >= 11 is 0. The Balaban J connectivity index is 1.77. The molecule has 7 heteroatoms. The molecule has 0 radical (unpaired) electrons. The second kappa shape index (κ2) is 8.94. The molecule has 2 heterocycles. The smallest absolute Gasteiger partial charge is 0.252 e. The van der Waals surface area contributed by atoms with E-state index in [1.54, 1.807) is 14.2 Å². The van der Waals surface area contributed by atoms with E-state index in [1.165, 1.54) is 0 Å². The normalized spacial score (nSPS) is 11.9. The highest BCUT2D eigenvalue weighted by atomic mass is 16.5. The zero-order valence-electron chi connectivity index (χ0n) is 19.8. The number of nitrogens with zero attached hydrogens (tertiary/aromatic N) is 3. The number of aromatic nitrogens is 3. The summed E-state index contributed by atoms with van der Waals surface area (Å²) in [4.78, 5) is 18.4. The molecule has 1 unspecified atom stereocenters. The number of fused-ring (bicyclic) bond motifs is 1. The van der Waals surface area contributed by atoms with E-state index in [-0.39, 0.29) is 11.9 Å². The fourth-order valence-corrected chi connectivity index (χ4v) is 4.17. The van der Waals surface area contributed by atoms with E-state index in [1.807, 2.05) is 81.0 Å². The van der Waals surface area contributed by atoms with E-state index in [9.17, 15) is 4.79 Å². The summed E-state index contributed by atoms with van der Waals surface area (Å²) in [5.41, 5.74) is 5.70. The van der Waals surface area contributed by atoms with Crippen LogP contribution in [0.4, 0.5) is 0 Å². The van der Waals surface area contributed by atoms with Crippen molar-refractivity contribution in [2.24, 2.45) is 7.05 Å². The lowest BCUT2D eigenvalue weighted by molar-refractivity contribution is 0.0941. The van der Waals surface area contributed by atoms with Crippen LogP contribution in [0.1, 0.15) is 40.3 Å². The molecular weight excluding hydrogens is 416 g/mol. The molecule has 2 aromatic heterocycles. The topological polar surface area (TPSA) is 78.3 Å². The molecule has 1 amide bonds. The lowest BCUT2D eigenvalue weighted by Crippen LogP contribution is -2.27. The summed E-state index contributed by atoms with van der Waals surface area (Å²) < 4.78 is 12.7. The molecule has 2 aromatic carbocycles. The van der Waals surface area contributed by atoms with Crippen LogP contribution in [-0.2, 0) is 7.05 Å². The minimum Gasteiger partial charge on any atom is -0.497 e. The standard InChI is InChI=1S/C26H28N4O3/c1-15(20-13-18(32-5)11-12-24(20)33-6)27-26(31)21-14-23(25-16(2)29-30(4)17(25)3)28-22-10-8-7-9-19(21)22/h7-15H,1-6H3,(H,27,31). The van der Waals surface area contributed by atoms with Crippen LogP contribution in [0.25, 0.3) is 22.2 Å². The number of rotatable bonds is 6. The van der Waals surface area contributed by atoms with Crippen molar-refractivity contribution in [3.8, 4) is 22.8 Å². The Kier molecular flexibility index (Phi) is 6.05. The third kappa shape index (κ3) is 4.14. The predicted molar refractivity (Wildman–Crippen MR) is 129 cm³/mol. The average Bonchev–Trinajstić information content (AvgIpc) is 3.08. The Hall–Kier alpha value is -3.87. The van der Waals surface area contributed by atoms with Gasteiger partial charge in [-0.3, -0.25) is 9.48 Å². The first-order valence-electron chi connectivity index (χ1n) is 10.8. The molecule has 0 saturated heterocycles. The molecule has 1 N–H and O–H groups in total. The van der Waals surface area contributed by atoms with Gasteiger partial charge in [-0.1, -0.05) is 18.2 Å². The third-order valence-electron chi connectivity index (χ3n) is 5.98. The van der Waals surface area contributed by atoms with Crippen molar-refractivity contribution >= 4 is 16.8 Å². The van der Waals surface area contributed by atoms with Gasteiger partial charge >= 0.3 is 0 Å². The van der Waals surface area contributed by atoms with Gasteiger partial charge in [0.25, 0.3) is 5.91 Å². The van der Waals surface area contributed by atoms with E-state index in [0.29, 0.717) is 17.1 Å². The van der Waals surface area contributed by atoms with Crippen LogP contribution >= 0.6 is 0 Å². The van der Waals surface area contributed by atoms with Gasteiger partial charge in [-0.05, 0) is 51.1 Å². The van der Waals surface area contributed by atoms with Crippen molar-refractivity contribution in [1.82, 2.24) is 20.1 Å². The molecular formula is C26H28N4O3. The Morgan fingerprint density at radius 3 is 2.48 bits per heavy atom.